The number of aryl methyl sites for hydroxylation is 1. The van der Waals surface area contributed by atoms with Gasteiger partial charge in [-0.15, -0.1) is 0 Å². The van der Waals surface area contributed by atoms with Crippen molar-refractivity contribution in [3.8, 4) is 0 Å². The molecule has 0 N–H and O–H groups in total. The van der Waals surface area contributed by atoms with Crippen LogP contribution < -0.4 is 4.90 Å². The average molecular weight is 616 g/mol. The summed E-state index contributed by atoms with van der Waals surface area (Å²) in [6.45, 7) is 6.83. The van der Waals surface area contributed by atoms with Gasteiger partial charge in [0.1, 0.15) is 0 Å². The molecule has 0 aromatic heterocycles. The highest BCUT2D eigenvalue weighted by Crippen LogP contribution is 2.44. The zero-order valence-corrected chi connectivity index (χ0v) is 28.6. The Kier molecular flexibility index (Phi) is 10.2. The van der Waals surface area contributed by atoms with E-state index >= 15 is 0 Å². The molecule has 6 rings (SSSR count). The molecule has 0 bridgehead atoms. The molecule has 0 aliphatic heterocycles. The van der Waals surface area contributed by atoms with E-state index < -0.39 is 0 Å². The number of hydrogen-bond acceptors (Lipinski definition) is 1. The third kappa shape index (κ3) is 6.77. The van der Waals surface area contributed by atoms with E-state index in [9.17, 15) is 0 Å². The molecule has 1 heteroatoms. The normalized spacial score (nSPS) is 12.3. The highest BCUT2D eigenvalue weighted by Gasteiger charge is 2.33. The van der Waals surface area contributed by atoms with E-state index in [1.807, 2.05) is 0 Å². The number of anilines is 2. The van der Waals surface area contributed by atoms with E-state index in [4.69, 9.17) is 0 Å². The molecule has 0 spiro atoms. The lowest BCUT2D eigenvalue weighted by Gasteiger charge is -2.36. The maximum Gasteiger partial charge on any atom is 0.0487 e. The Morgan fingerprint density at radius 3 is 1.64 bits per heavy atom. The molecule has 238 valence electrons. The van der Waals surface area contributed by atoms with Crippen molar-refractivity contribution in [2.24, 2.45) is 0 Å². The molecular weight excluding hydrogens is 567 g/mol. The molecule has 0 amide bonds. The van der Waals surface area contributed by atoms with Gasteiger partial charge in [-0.3, -0.25) is 0 Å². The quantitative estimate of drug-likeness (QED) is 0.117. The Morgan fingerprint density at radius 1 is 0.532 bits per heavy atom. The maximum absolute atomic E-state index is 2.45. The van der Waals surface area contributed by atoms with Gasteiger partial charge in [0.05, 0.1) is 0 Å². The fourth-order valence-corrected chi connectivity index (χ4v) is 7.53. The number of benzene rings is 6. The monoisotopic (exact) mass is 615 g/mol. The molecule has 0 saturated heterocycles. The number of para-hydroxylation sites is 1. The SMILES string of the molecule is CCCCC(CCCC)(c1ccc(C)cc1)c1ccc(C(c2ccccc2)c2ccc(N(C)c3ccccc3)c3ccccc23)cc1. The Bertz CT molecular complexity index is 1850. The van der Waals surface area contributed by atoms with E-state index in [-0.39, 0.29) is 11.3 Å². The van der Waals surface area contributed by atoms with Crippen LogP contribution in [0.5, 0.6) is 0 Å². The summed E-state index contributed by atoms with van der Waals surface area (Å²) in [5.74, 6) is 0.117. The van der Waals surface area contributed by atoms with Crippen molar-refractivity contribution in [3.05, 3.63) is 179 Å². The van der Waals surface area contributed by atoms with Gasteiger partial charge in [0.2, 0.25) is 0 Å². The van der Waals surface area contributed by atoms with Gasteiger partial charge in [-0.25, -0.2) is 0 Å². The molecule has 0 heterocycles. The fourth-order valence-electron chi connectivity index (χ4n) is 7.53. The Hall–Kier alpha value is -4.62. The van der Waals surface area contributed by atoms with Crippen LogP contribution in [-0.4, -0.2) is 7.05 Å². The smallest absolute Gasteiger partial charge is 0.0487 e. The van der Waals surface area contributed by atoms with Crippen LogP contribution in [-0.2, 0) is 5.41 Å². The third-order valence-corrected chi connectivity index (χ3v) is 10.2. The molecule has 0 saturated carbocycles. The summed E-state index contributed by atoms with van der Waals surface area (Å²) in [4.78, 5) is 2.30. The highest BCUT2D eigenvalue weighted by molar-refractivity contribution is 5.98. The number of hydrogen-bond donors (Lipinski definition) is 0. The van der Waals surface area contributed by atoms with Gasteiger partial charge in [0.25, 0.3) is 0 Å². The fraction of sp³-hybridized carbons (Fsp3) is 0.261. The molecule has 1 nitrogen and oxygen atoms in total. The predicted molar refractivity (Wildman–Crippen MR) is 203 cm³/mol. The summed E-state index contributed by atoms with van der Waals surface area (Å²) < 4.78 is 0. The van der Waals surface area contributed by atoms with Gasteiger partial charge in [0, 0.05) is 35.1 Å². The second-order valence-electron chi connectivity index (χ2n) is 13.2. The first-order valence-electron chi connectivity index (χ1n) is 17.6. The van der Waals surface area contributed by atoms with E-state index in [2.05, 4.69) is 178 Å². The van der Waals surface area contributed by atoms with Crippen LogP contribution >= 0.6 is 0 Å². The van der Waals surface area contributed by atoms with E-state index in [0.717, 1.165) is 0 Å². The van der Waals surface area contributed by atoms with E-state index in [0.29, 0.717) is 0 Å². The van der Waals surface area contributed by atoms with Crippen LogP contribution in [0.25, 0.3) is 10.8 Å². The molecule has 0 aliphatic carbocycles. The summed E-state index contributed by atoms with van der Waals surface area (Å²) in [6.07, 6.45) is 7.21. The molecule has 0 radical (unpaired) electrons. The van der Waals surface area contributed by atoms with Crippen molar-refractivity contribution in [2.75, 3.05) is 11.9 Å². The summed E-state index contributed by atoms with van der Waals surface area (Å²) in [5.41, 5.74) is 10.6. The summed E-state index contributed by atoms with van der Waals surface area (Å²) >= 11 is 0. The van der Waals surface area contributed by atoms with Crippen LogP contribution in [0, 0.1) is 6.92 Å². The predicted octanol–water partition coefficient (Wildman–Crippen LogP) is 12.8. The van der Waals surface area contributed by atoms with Gasteiger partial charge < -0.3 is 4.90 Å². The Morgan fingerprint density at radius 2 is 1.04 bits per heavy atom. The minimum Gasteiger partial charge on any atom is -0.344 e. The molecule has 6 aromatic carbocycles. The van der Waals surface area contributed by atoms with Crippen LogP contribution in [0.2, 0.25) is 0 Å². The van der Waals surface area contributed by atoms with Crippen molar-refractivity contribution in [3.63, 3.8) is 0 Å². The first kappa shape index (κ1) is 32.3. The van der Waals surface area contributed by atoms with E-state index in [1.54, 1.807) is 0 Å². The van der Waals surface area contributed by atoms with Gasteiger partial charge >= 0.3 is 0 Å². The Labute approximate surface area is 282 Å². The minimum absolute atomic E-state index is 0.0247. The van der Waals surface area contributed by atoms with Crippen molar-refractivity contribution in [1.82, 2.24) is 0 Å². The molecule has 0 fully saturated rings. The first-order chi connectivity index (χ1) is 23.1. The van der Waals surface area contributed by atoms with E-state index in [1.165, 1.54) is 94.1 Å². The third-order valence-electron chi connectivity index (χ3n) is 10.2. The van der Waals surface area contributed by atoms with Gasteiger partial charge in [0.15, 0.2) is 0 Å². The number of unbranched alkanes of at least 4 members (excludes halogenated alkanes) is 2. The highest BCUT2D eigenvalue weighted by atomic mass is 15.1. The second kappa shape index (κ2) is 14.9. The Balaban J connectivity index is 1.48. The van der Waals surface area contributed by atoms with Crippen molar-refractivity contribution in [1.29, 1.82) is 0 Å². The molecule has 1 unspecified atom stereocenters. The lowest BCUT2D eigenvalue weighted by Crippen LogP contribution is -2.28. The largest absolute Gasteiger partial charge is 0.344 e. The average Bonchev–Trinajstić information content (AvgIpc) is 3.13. The maximum atomic E-state index is 2.45. The van der Waals surface area contributed by atoms with Crippen molar-refractivity contribution >= 4 is 22.1 Å². The topological polar surface area (TPSA) is 3.24 Å². The van der Waals surface area contributed by atoms with Crippen LogP contribution in [0.15, 0.2) is 146 Å². The summed E-state index contributed by atoms with van der Waals surface area (Å²) in [5, 5.41) is 2.57. The molecule has 1 atom stereocenters. The summed E-state index contributed by atoms with van der Waals surface area (Å²) in [7, 11) is 2.17. The second-order valence-corrected chi connectivity index (χ2v) is 13.2. The van der Waals surface area contributed by atoms with Crippen molar-refractivity contribution in [2.45, 2.75) is 70.6 Å². The summed E-state index contributed by atoms with van der Waals surface area (Å²) in [6, 6.07) is 54.4. The zero-order valence-electron chi connectivity index (χ0n) is 28.6. The van der Waals surface area contributed by atoms with Gasteiger partial charge in [-0.2, -0.15) is 0 Å². The van der Waals surface area contributed by atoms with Crippen LogP contribution in [0.1, 0.15) is 91.7 Å². The lowest BCUT2D eigenvalue weighted by molar-refractivity contribution is 0.405. The van der Waals surface area contributed by atoms with Crippen molar-refractivity contribution < 1.29 is 0 Å². The molecule has 47 heavy (non-hydrogen) atoms. The first-order valence-corrected chi connectivity index (χ1v) is 17.6. The molecular formula is C46H49N. The number of rotatable bonds is 13. The minimum atomic E-state index is 0.0247. The number of fused-ring (bicyclic) bond motifs is 1. The van der Waals surface area contributed by atoms with Crippen LogP contribution in [0.4, 0.5) is 11.4 Å². The number of nitrogens with zero attached hydrogens (tertiary/aromatic N) is 1. The van der Waals surface area contributed by atoms with Gasteiger partial charge in [-0.05, 0) is 71.2 Å². The van der Waals surface area contributed by atoms with Crippen LogP contribution in [0.3, 0.4) is 0 Å². The molecule has 0 aliphatic rings. The lowest BCUT2D eigenvalue weighted by atomic mass is 9.67. The zero-order chi connectivity index (χ0) is 32.6. The standard InChI is InChI=1S/C46H49N/c1-5-7-33-46(34-8-6-2,38-27-23-35(3)24-28-38)39-29-25-37(26-30-39)45(36-17-11-9-12-18-36)43-31-32-44(42-22-16-15-21-41(42)43)47(4)40-19-13-10-14-20-40/h9-32,45H,5-8,33-34H2,1-4H3. The van der Waals surface area contributed by atoms with Gasteiger partial charge in [-0.1, -0.05) is 172 Å². The molecule has 6 aromatic rings.